The van der Waals surface area contributed by atoms with Crippen LogP contribution in [0.4, 0.5) is 16.5 Å². The highest BCUT2D eigenvalue weighted by Gasteiger charge is 2.25. The lowest BCUT2D eigenvalue weighted by Gasteiger charge is -2.31. The normalized spacial score (nSPS) is 15.2. The third-order valence-corrected chi connectivity index (χ3v) is 5.27. The van der Waals surface area contributed by atoms with Crippen molar-refractivity contribution in [1.29, 1.82) is 0 Å². The predicted molar refractivity (Wildman–Crippen MR) is 98.5 cm³/mol. The standard InChI is InChI=1S/C17H20N4O3S/c1-11-5-7-20(8-6-11)14-4-3-13(9-15(14)21(23)24)16(22)19-17-18-12(2)10-25-17/h3-4,9-11H,5-8H2,1-2H3,(H,18,19,22). The summed E-state index contributed by atoms with van der Waals surface area (Å²) in [6.45, 7) is 5.63. The Hall–Kier alpha value is -2.48. The molecule has 132 valence electrons. The first-order chi connectivity index (χ1) is 11.9. The van der Waals surface area contributed by atoms with Crippen molar-refractivity contribution in [2.24, 2.45) is 5.92 Å². The number of amides is 1. The van der Waals surface area contributed by atoms with Gasteiger partial charge >= 0.3 is 0 Å². The Balaban J connectivity index is 1.83. The van der Waals surface area contributed by atoms with Crippen LogP contribution in [0.1, 0.15) is 35.8 Å². The Labute approximate surface area is 149 Å². The van der Waals surface area contributed by atoms with Gasteiger partial charge in [0.2, 0.25) is 0 Å². The second-order valence-corrected chi connectivity index (χ2v) is 7.24. The first-order valence-corrected chi connectivity index (χ1v) is 9.09. The third kappa shape index (κ3) is 3.96. The molecular weight excluding hydrogens is 340 g/mol. The van der Waals surface area contributed by atoms with Gasteiger partial charge in [0.1, 0.15) is 5.69 Å². The van der Waals surface area contributed by atoms with Crippen LogP contribution < -0.4 is 10.2 Å². The molecule has 2 aromatic rings. The molecule has 0 atom stereocenters. The summed E-state index contributed by atoms with van der Waals surface area (Å²) < 4.78 is 0. The highest BCUT2D eigenvalue weighted by atomic mass is 32.1. The highest BCUT2D eigenvalue weighted by molar-refractivity contribution is 7.13. The fourth-order valence-corrected chi connectivity index (χ4v) is 3.59. The summed E-state index contributed by atoms with van der Waals surface area (Å²) in [7, 11) is 0. The molecule has 0 radical (unpaired) electrons. The molecule has 1 aliphatic rings. The number of anilines is 2. The molecule has 0 aliphatic carbocycles. The minimum atomic E-state index is -0.419. The van der Waals surface area contributed by atoms with Crippen LogP contribution in [0.2, 0.25) is 0 Å². The topological polar surface area (TPSA) is 88.4 Å². The summed E-state index contributed by atoms with van der Waals surface area (Å²) in [6, 6.07) is 4.66. The maximum absolute atomic E-state index is 12.3. The van der Waals surface area contributed by atoms with E-state index in [0.29, 0.717) is 16.7 Å². The van der Waals surface area contributed by atoms with Crippen LogP contribution in [0.15, 0.2) is 23.6 Å². The lowest BCUT2D eigenvalue weighted by atomic mass is 9.98. The van der Waals surface area contributed by atoms with Crippen LogP contribution in [0.5, 0.6) is 0 Å². The van der Waals surface area contributed by atoms with Gasteiger partial charge < -0.3 is 4.90 Å². The Morgan fingerprint density at radius 2 is 2.12 bits per heavy atom. The van der Waals surface area contributed by atoms with Gasteiger partial charge in [0, 0.05) is 30.1 Å². The van der Waals surface area contributed by atoms with Gasteiger partial charge in [-0.05, 0) is 37.8 Å². The van der Waals surface area contributed by atoms with Gasteiger partial charge in [-0.25, -0.2) is 4.98 Å². The Morgan fingerprint density at radius 1 is 1.40 bits per heavy atom. The fraction of sp³-hybridized carbons (Fsp3) is 0.412. The number of thiazole rings is 1. The van der Waals surface area contributed by atoms with E-state index in [2.05, 4.69) is 17.2 Å². The second kappa shape index (κ2) is 7.18. The summed E-state index contributed by atoms with van der Waals surface area (Å²) in [5.41, 5.74) is 1.63. The monoisotopic (exact) mass is 360 g/mol. The van der Waals surface area contributed by atoms with Crippen LogP contribution in [-0.2, 0) is 0 Å². The lowest BCUT2D eigenvalue weighted by molar-refractivity contribution is -0.384. The number of aryl methyl sites for hydroxylation is 1. The van der Waals surface area contributed by atoms with E-state index < -0.39 is 10.8 Å². The Morgan fingerprint density at radius 3 is 2.72 bits per heavy atom. The summed E-state index contributed by atoms with van der Waals surface area (Å²) in [5.74, 6) is 0.248. The highest BCUT2D eigenvalue weighted by Crippen LogP contribution is 2.32. The molecule has 1 N–H and O–H groups in total. The molecule has 0 saturated carbocycles. The summed E-state index contributed by atoms with van der Waals surface area (Å²) in [6.07, 6.45) is 2.03. The van der Waals surface area contributed by atoms with Gasteiger partial charge in [-0.15, -0.1) is 11.3 Å². The van der Waals surface area contributed by atoms with Crippen LogP contribution >= 0.6 is 11.3 Å². The Kier molecular flexibility index (Phi) is 4.98. The maximum Gasteiger partial charge on any atom is 0.293 e. The van der Waals surface area contributed by atoms with Gasteiger partial charge in [-0.1, -0.05) is 6.92 Å². The van der Waals surface area contributed by atoms with E-state index in [9.17, 15) is 14.9 Å². The van der Waals surface area contributed by atoms with Crippen molar-refractivity contribution in [2.45, 2.75) is 26.7 Å². The molecular formula is C17H20N4O3S. The number of hydrogen-bond acceptors (Lipinski definition) is 6. The molecule has 1 aromatic carbocycles. The van der Waals surface area contributed by atoms with Crippen molar-refractivity contribution < 1.29 is 9.72 Å². The number of nitrogens with one attached hydrogen (secondary N) is 1. The molecule has 1 aliphatic heterocycles. The first-order valence-electron chi connectivity index (χ1n) is 8.21. The Bertz CT molecular complexity index is 797. The number of rotatable bonds is 4. The molecule has 1 amide bonds. The molecule has 1 fully saturated rings. The number of piperidine rings is 1. The smallest absolute Gasteiger partial charge is 0.293 e. The van der Waals surface area contributed by atoms with Crippen LogP contribution in [0, 0.1) is 23.0 Å². The van der Waals surface area contributed by atoms with Gasteiger partial charge in [0.15, 0.2) is 5.13 Å². The van der Waals surface area contributed by atoms with Gasteiger partial charge in [0.25, 0.3) is 11.6 Å². The van der Waals surface area contributed by atoms with Crippen LogP contribution in [-0.4, -0.2) is 28.9 Å². The molecule has 2 heterocycles. The third-order valence-electron chi connectivity index (χ3n) is 4.40. The number of aromatic nitrogens is 1. The van der Waals surface area contributed by atoms with Crippen molar-refractivity contribution in [2.75, 3.05) is 23.3 Å². The number of nitrogens with zero attached hydrogens (tertiary/aromatic N) is 3. The number of nitro groups is 1. The van der Waals surface area contributed by atoms with Crippen molar-refractivity contribution in [3.8, 4) is 0 Å². The molecule has 1 aromatic heterocycles. The molecule has 0 unspecified atom stereocenters. The predicted octanol–water partition coefficient (Wildman–Crippen LogP) is 3.85. The number of carbonyl (C=O) groups excluding carboxylic acids is 1. The minimum Gasteiger partial charge on any atom is -0.366 e. The molecule has 0 bridgehead atoms. The van der Waals surface area contributed by atoms with E-state index in [0.717, 1.165) is 31.6 Å². The maximum atomic E-state index is 12.3. The van der Waals surface area contributed by atoms with Crippen LogP contribution in [0.25, 0.3) is 0 Å². The van der Waals surface area contributed by atoms with E-state index in [1.54, 1.807) is 12.1 Å². The van der Waals surface area contributed by atoms with Crippen molar-refractivity contribution in [3.63, 3.8) is 0 Å². The lowest BCUT2D eigenvalue weighted by Crippen LogP contribution is -2.33. The quantitative estimate of drug-likeness (QED) is 0.661. The fourth-order valence-electron chi connectivity index (χ4n) is 2.91. The van der Waals surface area contributed by atoms with E-state index in [4.69, 9.17) is 0 Å². The van der Waals surface area contributed by atoms with E-state index in [1.165, 1.54) is 17.4 Å². The van der Waals surface area contributed by atoms with Crippen LogP contribution in [0.3, 0.4) is 0 Å². The van der Waals surface area contributed by atoms with Crippen molar-refractivity contribution >= 4 is 33.8 Å². The summed E-state index contributed by atoms with van der Waals surface area (Å²) in [5, 5.41) is 16.5. The van der Waals surface area contributed by atoms with E-state index in [-0.39, 0.29) is 11.3 Å². The largest absolute Gasteiger partial charge is 0.366 e. The van der Waals surface area contributed by atoms with E-state index >= 15 is 0 Å². The first kappa shape index (κ1) is 17.3. The van der Waals surface area contributed by atoms with Gasteiger partial charge in [0.05, 0.1) is 10.6 Å². The average Bonchev–Trinajstić information content (AvgIpc) is 3.00. The van der Waals surface area contributed by atoms with Crippen molar-refractivity contribution in [1.82, 2.24) is 4.98 Å². The van der Waals surface area contributed by atoms with Crippen molar-refractivity contribution in [3.05, 3.63) is 45.0 Å². The number of nitro benzene ring substituents is 1. The zero-order valence-electron chi connectivity index (χ0n) is 14.2. The zero-order valence-corrected chi connectivity index (χ0v) is 15.0. The molecule has 7 nitrogen and oxygen atoms in total. The molecule has 1 saturated heterocycles. The number of carbonyl (C=O) groups is 1. The SMILES string of the molecule is Cc1csc(NC(=O)c2ccc(N3CCC(C)CC3)c([N+](=O)[O-])c2)n1. The van der Waals surface area contributed by atoms with E-state index in [1.807, 2.05) is 17.2 Å². The minimum absolute atomic E-state index is 0.0301. The summed E-state index contributed by atoms with van der Waals surface area (Å²) in [4.78, 5) is 29.6. The second-order valence-electron chi connectivity index (χ2n) is 6.38. The zero-order chi connectivity index (χ0) is 18.0. The van der Waals surface area contributed by atoms with Gasteiger partial charge in [-0.3, -0.25) is 20.2 Å². The van der Waals surface area contributed by atoms with Gasteiger partial charge in [-0.2, -0.15) is 0 Å². The molecule has 3 rings (SSSR count). The molecule has 0 spiro atoms. The summed E-state index contributed by atoms with van der Waals surface area (Å²) >= 11 is 1.32. The average molecular weight is 360 g/mol. The number of hydrogen-bond donors (Lipinski definition) is 1. The number of benzene rings is 1. The molecule has 25 heavy (non-hydrogen) atoms. The molecule has 8 heteroatoms.